The molecule has 2 aromatic carbocycles. The summed E-state index contributed by atoms with van der Waals surface area (Å²) in [5, 5.41) is 2.94. The van der Waals surface area contributed by atoms with Crippen molar-refractivity contribution in [3.63, 3.8) is 0 Å². The number of sulfonamides is 1. The van der Waals surface area contributed by atoms with Crippen LogP contribution in [0.25, 0.3) is 0 Å². The summed E-state index contributed by atoms with van der Waals surface area (Å²) in [6.45, 7) is -0.451. The van der Waals surface area contributed by atoms with Crippen LogP contribution in [-0.4, -0.2) is 51.3 Å². The minimum Gasteiger partial charge on any atom is -0.467 e. The highest BCUT2D eigenvalue weighted by molar-refractivity contribution is 7.89. The molecule has 0 saturated carbocycles. The van der Waals surface area contributed by atoms with Crippen molar-refractivity contribution < 1.29 is 22.7 Å². The molecule has 1 N–H and O–H groups in total. The van der Waals surface area contributed by atoms with Crippen LogP contribution in [0.5, 0.6) is 0 Å². The Hall–Kier alpha value is -2.42. The molecule has 9 heteroatoms. The third kappa shape index (κ3) is 5.79. The van der Waals surface area contributed by atoms with E-state index >= 15 is 0 Å². The van der Waals surface area contributed by atoms with E-state index in [2.05, 4.69) is 5.32 Å². The summed E-state index contributed by atoms with van der Waals surface area (Å²) >= 11 is 5.78. The van der Waals surface area contributed by atoms with Crippen LogP contribution in [0.4, 0.5) is 0 Å². The highest BCUT2D eigenvalue weighted by Gasteiger charge is 2.26. The van der Waals surface area contributed by atoms with Gasteiger partial charge in [-0.1, -0.05) is 41.9 Å². The first-order chi connectivity index (χ1) is 13.2. The van der Waals surface area contributed by atoms with E-state index in [9.17, 15) is 18.0 Å². The molecule has 1 amide bonds. The van der Waals surface area contributed by atoms with Gasteiger partial charge in [0.2, 0.25) is 15.9 Å². The van der Waals surface area contributed by atoms with Crippen molar-refractivity contribution in [2.45, 2.75) is 17.4 Å². The van der Waals surface area contributed by atoms with Crippen LogP contribution in [0.3, 0.4) is 0 Å². The normalized spacial score (nSPS) is 12.4. The molecule has 0 radical (unpaired) electrons. The summed E-state index contributed by atoms with van der Waals surface area (Å²) in [7, 11) is -1.36. The zero-order valence-corrected chi connectivity index (χ0v) is 17.0. The topological polar surface area (TPSA) is 92.8 Å². The van der Waals surface area contributed by atoms with E-state index in [1.165, 1.54) is 38.4 Å². The molecule has 0 aliphatic rings. The van der Waals surface area contributed by atoms with Crippen LogP contribution in [0.1, 0.15) is 5.56 Å². The molecule has 0 unspecified atom stereocenters. The number of methoxy groups -OCH3 is 1. The van der Waals surface area contributed by atoms with Crippen LogP contribution in [-0.2, 0) is 30.8 Å². The summed E-state index contributed by atoms with van der Waals surface area (Å²) < 4.78 is 30.8. The first-order valence-electron chi connectivity index (χ1n) is 8.37. The van der Waals surface area contributed by atoms with Crippen molar-refractivity contribution in [2.75, 3.05) is 20.7 Å². The molecule has 0 aliphatic carbocycles. The van der Waals surface area contributed by atoms with Gasteiger partial charge in [0.25, 0.3) is 0 Å². The second-order valence-electron chi connectivity index (χ2n) is 6.05. The van der Waals surface area contributed by atoms with Gasteiger partial charge in [0.15, 0.2) is 0 Å². The molecule has 150 valence electrons. The summed E-state index contributed by atoms with van der Waals surface area (Å²) in [5.41, 5.74) is 0.834. The Morgan fingerprint density at radius 3 is 2.29 bits per heavy atom. The van der Waals surface area contributed by atoms with E-state index in [1.807, 2.05) is 30.3 Å². The van der Waals surface area contributed by atoms with E-state index in [-0.39, 0.29) is 11.3 Å². The number of rotatable bonds is 8. The predicted molar refractivity (Wildman–Crippen MR) is 105 cm³/mol. The van der Waals surface area contributed by atoms with Crippen molar-refractivity contribution >= 4 is 33.5 Å². The summed E-state index contributed by atoms with van der Waals surface area (Å²) in [4.78, 5) is 24.4. The number of hydrogen-bond acceptors (Lipinski definition) is 5. The molecule has 0 heterocycles. The van der Waals surface area contributed by atoms with Gasteiger partial charge < -0.3 is 10.1 Å². The van der Waals surface area contributed by atoms with Crippen molar-refractivity contribution in [2.24, 2.45) is 0 Å². The van der Waals surface area contributed by atoms with Crippen LogP contribution < -0.4 is 5.32 Å². The van der Waals surface area contributed by atoms with Gasteiger partial charge in [-0.05, 0) is 29.8 Å². The van der Waals surface area contributed by atoms with E-state index in [0.717, 1.165) is 9.87 Å². The van der Waals surface area contributed by atoms with Gasteiger partial charge in [0, 0.05) is 18.5 Å². The minimum absolute atomic E-state index is 0.0148. The number of nitrogens with one attached hydrogen (secondary N) is 1. The van der Waals surface area contributed by atoms with Gasteiger partial charge in [-0.15, -0.1) is 0 Å². The van der Waals surface area contributed by atoms with E-state index in [0.29, 0.717) is 5.02 Å². The smallest absolute Gasteiger partial charge is 0.328 e. The maximum atomic E-state index is 12.6. The summed E-state index contributed by atoms with van der Waals surface area (Å²) in [6.07, 6.45) is 0.229. The van der Waals surface area contributed by atoms with Crippen molar-refractivity contribution in [3.05, 3.63) is 65.2 Å². The molecule has 1 atom stereocenters. The number of hydrogen-bond donors (Lipinski definition) is 1. The summed E-state index contributed by atoms with van der Waals surface area (Å²) in [6, 6.07) is 13.8. The number of esters is 1. The second kappa shape index (κ2) is 9.68. The zero-order chi connectivity index (χ0) is 20.7. The molecule has 0 fully saturated rings. The molecule has 0 aromatic heterocycles. The molecule has 0 saturated heterocycles. The molecule has 2 rings (SSSR count). The van der Waals surface area contributed by atoms with Crippen LogP contribution in [0.15, 0.2) is 59.5 Å². The first kappa shape index (κ1) is 21.9. The number of likely N-dealkylation sites (N-methyl/N-ethyl adjacent to an activating group) is 1. The quantitative estimate of drug-likeness (QED) is 0.653. The average Bonchev–Trinajstić information content (AvgIpc) is 2.67. The number of amides is 1. The van der Waals surface area contributed by atoms with Gasteiger partial charge in [-0.25, -0.2) is 13.2 Å². The lowest BCUT2D eigenvalue weighted by atomic mass is 10.1. The van der Waals surface area contributed by atoms with Gasteiger partial charge in [-0.3, -0.25) is 4.79 Å². The van der Waals surface area contributed by atoms with E-state index in [4.69, 9.17) is 16.3 Å². The zero-order valence-electron chi connectivity index (χ0n) is 15.5. The Bertz CT molecular complexity index is 917. The number of halogens is 1. The highest BCUT2D eigenvalue weighted by atomic mass is 35.5. The molecular weight excluding hydrogens is 404 g/mol. The monoisotopic (exact) mass is 424 g/mol. The third-order valence-electron chi connectivity index (χ3n) is 3.99. The second-order valence-corrected chi connectivity index (χ2v) is 8.53. The molecule has 7 nitrogen and oxygen atoms in total. The number of carbonyl (C=O) groups is 2. The van der Waals surface area contributed by atoms with Gasteiger partial charge in [0.1, 0.15) is 6.04 Å². The fraction of sp³-hybridized carbons (Fsp3) is 0.263. The molecule has 0 bridgehead atoms. The fourth-order valence-corrected chi connectivity index (χ4v) is 3.75. The predicted octanol–water partition coefficient (Wildman–Crippen LogP) is 1.86. The molecular formula is C19H21ClN2O5S. The highest BCUT2D eigenvalue weighted by Crippen LogP contribution is 2.17. The first-order valence-corrected chi connectivity index (χ1v) is 10.2. The number of carbonyl (C=O) groups excluding carboxylic acids is 2. The van der Waals surface area contributed by atoms with Crippen LogP contribution in [0.2, 0.25) is 5.02 Å². The number of nitrogens with zero attached hydrogens (tertiary/aromatic N) is 1. The van der Waals surface area contributed by atoms with Crippen molar-refractivity contribution in [1.29, 1.82) is 0 Å². The largest absolute Gasteiger partial charge is 0.467 e. The van der Waals surface area contributed by atoms with Crippen LogP contribution >= 0.6 is 11.6 Å². The number of benzene rings is 2. The maximum absolute atomic E-state index is 12.6. The minimum atomic E-state index is -3.87. The van der Waals surface area contributed by atoms with Crippen LogP contribution in [0, 0.1) is 0 Å². The average molecular weight is 425 g/mol. The Balaban J connectivity index is 2.06. The summed E-state index contributed by atoms with van der Waals surface area (Å²) in [5.74, 6) is -1.23. The van der Waals surface area contributed by atoms with E-state index in [1.54, 1.807) is 0 Å². The molecule has 2 aromatic rings. The lowest BCUT2D eigenvalue weighted by Gasteiger charge is -2.20. The van der Waals surface area contributed by atoms with E-state index < -0.39 is 34.5 Å². The Morgan fingerprint density at radius 2 is 1.71 bits per heavy atom. The molecule has 0 spiro atoms. The van der Waals surface area contributed by atoms with Crippen molar-refractivity contribution in [1.82, 2.24) is 9.62 Å². The third-order valence-corrected chi connectivity index (χ3v) is 6.06. The van der Waals surface area contributed by atoms with Gasteiger partial charge in [0.05, 0.1) is 18.6 Å². The lowest BCUT2D eigenvalue weighted by Crippen LogP contribution is -2.47. The van der Waals surface area contributed by atoms with Gasteiger partial charge >= 0.3 is 5.97 Å². The standard InChI is InChI=1S/C19H21ClN2O5S/c1-22(28(25,26)16-10-8-15(20)9-11-16)13-18(23)21-17(19(24)27-2)12-14-6-4-3-5-7-14/h3-11,17H,12-13H2,1-2H3,(H,21,23)/t17-/m0/s1. The Kier molecular flexibility index (Phi) is 7.56. The fourth-order valence-electron chi connectivity index (χ4n) is 2.50. The maximum Gasteiger partial charge on any atom is 0.328 e. The van der Waals surface area contributed by atoms with Gasteiger partial charge in [-0.2, -0.15) is 4.31 Å². The Morgan fingerprint density at radius 1 is 1.11 bits per heavy atom. The SMILES string of the molecule is COC(=O)[C@H](Cc1ccccc1)NC(=O)CN(C)S(=O)(=O)c1ccc(Cl)cc1. The molecule has 0 aliphatic heterocycles. The van der Waals surface area contributed by atoms with Crippen molar-refractivity contribution in [3.8, 4) is 0 Å². The number of ether oxygens (including phenoxy) is 1. The lowest BCUT2D eigenvalue weighted by molar-refractivity contribution is -0.145. The molecule has 28 heavy (non-hydrogen) atoms. The Labute approximate surface area is 169 Å².